The predicted molar refractivity (Wildman–Crippen MR) is 270 cm³/mol. The molecule has 0 fully saturated rings. The molecule has 0 aliphatic carbocycles. The fourth-order valence-electron chi connectivity index (χ4n) is 10.3. The van der Waals surface area contributed by atoms with Crippen LogP contribution in [-0.2, 0) is 0 Å². The molecule has 12 aromatic rings. The highest BCUT2D eigenvalue weighted by Crippen LogP contribution is 2.42. The van der Waals surface area contributed by atoms with Crippen molar-refractivity contribution in [3.63, 3.8) is 0 Å². The van der Waals surface area contributed by atoms with Crippen molar-refractivity contribution >= 4 is 72.4 Å². The summed E-state index contributed by atoms with van der Waals surface area (Å²) in [5.41, 5.74) is 11.8. The van der Waals surface area contributed by atoms with E-state index in [0.717, 1.165) is 11.4 Å². The van der Waals surface area contributed by atoms with Crippen LogP contribution in [0.3, 0.4) is 0 Å². The lowest BCUT2D eigenvalue weighted by Crippen LogP contribution is -2.74. The van der Waals surface area contributed by atoms with E-state index in [2.05, 4.69) is 264 Å². The van der Waals surface area contributed by atoms with Crippen molar-refractivity contribution in [1.29, 1.82) is 0 Å². The SMILES string of the molecule is c1ccc(-c2ccc(-n3c4ccccc4c4cccc(-n5c6ccccc6c6cc([Si](c7ccccc7)(c7ccccc7)c7ccccc7)cc(-c7ccccc7)c65)c43)cc2)cc1. The minimum Gasteiger partial charge on any atom is -0.307 e. The summed E-state index contributed by atoms with van der Waals surface area (Å²) in [6.45, 7) is 0. The van der Waals surface area contributed by atoms with Gasteiger partial charge in [0.15, 0.2) is 8.07 Å². The topological polar surface area (TPSA) is 9.86 Å². The standard InChI is InChI=1S/C60H42N2Si/c1-6-21-43(22-7-1)44-37-39-46(40-38-44)61-56-34-18-16-31-51(56)53-33-20-36-58(60(53)61)62-57-35-19-17-32-52(57)55-42-50(41-54(59(55)62)45-23-8-2-9-24-45)63(47-25-10-3-11-26-47,48-27-12-4-13-28-48)49-29-14-5-15-30-49/h1-42H. The van der Waals surface area contributed by atoms with E-state index in [9.17, 15) is 0 Å². The average Bonchev–Trinajstić information content (AvgIpc) is 3.89. The van der Waals surface area contributed by atoms with Gasteiger partial charge in [-0.1, -0.05) is 224 Å². The van der Waals surface area contributed by atoms with E-state index in [1.54, 1.807) is 0 Å². The summed E-state index contributed by atoms with van der Waals surface area (Å²) in [4.78, 5) is 0. The number of hydrogen-bond acceptors (Lipinski definition) is 0. The monoisotopic (exact) mass is 818 g/mol. The number of fused-ring (bicyclic) bond motifs is 6. The zero-order valence-electron chi connectivity index (χ0n) is 34.6. The molecule has 0 bridgehead atoms. The lowest BCUT2D eigenvalue weighted by Gasteiger charge is -2.35. The molecule has 0 spiro atoms. The molecule has 0 amide bonds. The Morgan fingerprint density at radius 2 is 0.714 bits per heavy atom. The van der Waals surface area contributed by atoms with Crippen LogP contribution in [-0.4, -0.2) is 17.2 Å². The molecule has 0 aliphatic heterocycles. The number of aromatic nitrogens is 2. The Labute approximate surface area is 368 Å². The number of benzene rings is 10. The van der Waals surface area contributed by atoms with Gasteiger partial charge in [0, 0.05) is 32.8 Å². The second kappa shape index (κ2) is 15.2. The number of hydrogen-bond donors (Lipinski definition) is 0. The molecule has 12 rings (SSSR count). The molecule has 0 saturated heterocycles. The van der Waals surface area contributed by atoms with Crippen LogP contribution in [0.5, 0.6) is 0 Å². The zero-order chi connectivity index (χ0) is 41.7. The van der Waals surface area contributed by atoms with E-state index in [4.69, 9.17) is 0 Å². The van der Waals surface area contributed by atoms with Gasteiger partial charge in [-0.25, -0.2) is 0 Å². The summed E-state index contributed by atoms with van der Waals surface area (Å²) in [7, 11) is -2.90. The van der Waals surface area contributed by atoms with Crippen molar-refractivity contribution in [3.05, 3.63) is 255 Å². The van der Waals surface area contributed by atoms with Gasteiger partial charge in [0.05, 0.1) is 27.8 Å². The second-order valence-corrected chi connectivity index (χ2v) is 20.2. The van der Waals surface area contributed by atoms with Crippen molar-refractivity contribution in [2.24, 2.45) is 0 Å². The van der Waals surface area contributed by atoms with Crippen LogP contribution >= 0.6 is 0 Å². The Morgan fingerprint density at radius 3 is 1.29 bits per heavy atom. The van der Waals surface area contributed by atoms with Gasteiger partial charge in [0.1, 0.15) is 0 Å². The first-order chi connectivity index (χ1) is 31.3. The molecule has 0 atom stereocenters. The molecule has 3 heteroatoms. The van der Waals surface area contributed by atoms with E-state index < -0.39 is 8.07 Å². The van der Waals surface area contributed by atoms with Gasteiger partial charge >= 0.3 is 0 Å². The van der Waals surface area contributed by atoms with E-state index in [1.807, 2.05) is 0 Å². The quantitative estimate of drug-likeness (QED) is 0.107. The molecule has 296 valence electrons. The van der Waals surface area contributed by atoms with Crippen LogP contribution in [0.15, 0.2) is 255 Å². The van der Waals surface area contributed by atoms with Gasteiger partial charge in [-0.3, -0.25) is 0 Å². The third-order valence-electron chi connectivity index (χ3n) is 13.1. The van der Waals surface area contributed by atoms with Crippen LogP contribution in [0.1, 0.15) is 0 Å². The molecule has 0 aliphatic rings. The fraction of sp³-hybridized carbons (Fsp3) is 0. The molecule has 63 heavy (non-hydrogen) atoms. The summed E-state index contributed by atoms with van der Waals surface area (Å²) in [6, 6.07) is 94.4. The molecule has 10 aromatic carbocycles. The number of nitrogens with zero attached hydrogens (tertiary/aromatic N) is 2. The number of rotatable bonds is 8. The second-order valence-electron chi connectivity index (χ2n) is 16.4. The lowest BCUT2D eigenvalue weighted by atomic mass is 10.0. The van der Waals surface area contributed by atoms with Gasteiger partial charge < -0.3 is 9.13 Å². The van der Waals surface area contributed by atoms with Gasteiger partial charge in [0.2, 0.25) is 0 Å². The molecule has 0 unspecified atom stereocenters. The Bertz CT molecular complexity index is 3480. The molecular weight excluding hydrogens is 777 g/mol. The van der Waals surface area contributed by atoms with Crippen LogP contribution in [0.25, 0.3) is 77.2 Å². The van der Waals surface area contributed by atoms with Crippen molar-refractivity contribution < 1.29 is 0 Å². The first kappa shape index (κ1) is 36.8. The molecule has 0 saturated carbocycles. The molecule has 2 heterocycles. The van der Waals surface area contributed by atoms with Crippen molar-refractivity contribution in [1.82, 2.24) is 9.13 Å². The highest BCUT2D eigenvalue weighted by Gasteiger charge is 2.42. The minimum atomic E-state index is -2.90. The van der Waals surface area contributed by atoms with Crippen molar-refractivity contribution in [3.8, 4) is 33.6 Å². The Morgan fingerprint density at radius 1 is 0.270 bits per heavy atom. The Hall–Kier alpha value is -7.98. The van der Waals surface area contributed by atoms with Gasteiger partial charge in [-0.2, -0.15) is 0 Å². The van der Waals surface area contributed by atoms with E-state index in [0.29, 0.717) is 0 Å². The van der Waals surface area contributed by atoms with Crippen LogP contribution < -0.4 is 20.7 Å². The lowest BCUT2D eigenvalue weighted by molar-refractivity contribution is 1.13. The van der Waals surface area contributed by atoms with Crippen LogP contribution in [0.4, 0.5) is 0 Å². The third kappa shape index (κ3) is 5.85. The maximum atomic E-state index is 2.56. The van der Waals surface area contributed by atoms with Crippen molar-refractivity contribution in [2.45, 2.75) is 0 Å². The van der Waals surface area contributed by atoms with Crippen molar-refractivity contribution in [2.75, 3.05) is 0 Å². The summed E-state index contributed by atoms with van der Waals surface area (Å²) < 4.78 is 5.04. The average molecular weight is 819 g/mol. The van der Waals surface area contributed by atoms with Gasteiger partial charge in [-0.05, 0) is 67.8 Å². The fourth-order valence-corrected chi connectivity index (χ4v) is 15.1. The summed E-state index contributed by atoms with van der Waals surface area (Å²) in [5, 5.41) is 10.4. The largest absolute Gasteiger partial charge is 0.307 e. The maximum Gasteiger partial charge on any atom is 0.179 e. The predicted octanol–water partition coefficient (Wildman–Crippen LogP) is 12.6. The Balaban J connectivity index is 1.22. The maximum absolute atomic E-state index is 2.90. The molecule has 0 N–H and O–H groups in total. The molecule has 0 radical (unpaired) electrons. The number of para-hydroxylation sites is 3. The summed E-state index contributed by atoms with van der Waals surface area (Å²) >= 11 is 0. The van der Waals surface area contributed by atoms with Gasteiger partial charge in [-0.15, -0.1) is 0 Å². The molecule has 2 nitrogen and oxygen atoms in total. The van der Waals surface area contributed by atoms with Gasteiger partial charge in [0.25, 0.3) is 0 Å². The zero-order valence-corrected chi connectivity index (χ0v) is 35.6. The smallest absolute Gasteiger partial charge is 0.179 e. The summed E-state index contributed by atoms with van der Waals surface area (Å²) in [5.74, 6) is 0. The first-order valence-corrected chi connectivity index (χ1v) is 23.8. The van der Waals surface area contributed by atoms with E-state index in [1.165, 1.54) is 86.6 Å². The molecular formula is C60H42N2Si. The van der Waals surface area contributed by atoms with E-state index in [-0.39, 0.29) is 0 Å². The minimum absolute atomic E-state index is 1.13. The third-order valence-corrected chi connectivity index (χ3v) is 17.8. The highest BCUT2D eigenvalue weighted by molar-refractivity contribution is 7.20. The highest BCUT2D eigenvalue weighted by atomic mass is 28.3. The van der Waals surface area contributed by atoms with E-state index >= 15 is 0 Å². The summed E-state index contributed by atoms with van der Waals surface area (Å²) in [6.07, 6.45) is 0. The first-order valence-electron chi connectivity index (χ1n) is 21.8. The van der Waals surface area contributed by atoms with Crippen LogP contribution in [0, 0.1) is 0 Å². The Kier molecular flexibility index (Phi) is 8.87. The van der Waals surface area contributed by atoms with Crippen LogP contribution in [0.2, 0.25) is 0 Å². The molecule has 2 aromatic heterocycles. The normalized spacial score (nSPS) is 11.8.